The second kappa shape index (κ2) is 12.8. The Balaban J connectivity index is 1.26. The number of carbonyl (C=O) groups excluding carboxylic acids is 2. The van der Waals surface area contributed by atoms with Crippen LogP contribution in [-0.2, 0) is 28.4 Å². The molecule has 1 amide bonds. The van der Waals surface area contributed by atoms with E-state index in [1.165, 1.54) is 28.0 Å². The fourth-order valence-corrected chi connectivity index (χ4v) is 7.49. The van der Waals surface area contributed by atoms with Gasteiger partial charge in [0.2, 0.25) is 5.13 Å². The van der Waals surface area contributed by atoms with Crippen molar-refractivity contribution in [2.24, 2.45) is 0 Å². The van der Waals surface area contributed by atoms with Gasteiger partial charge in [0.25, 0.3) is 5.78 Å². The maximum atomic E-state index is 13.8. The van der Waals surface area contributed by atoms with Crippen LogP contribution in [0.25, 0.3) is 5.76 Å². The number of Topliss-reactive ketones (excluding diaryl/α,β-unsaturated/α-hetero) is 1. The second-order valence-electron chi connectivity index (χ2n) is 11.1. The van der Waals surface area contributed by atoms with Crippen LogP contribution < -0.4 is 14.4 Å². The minimum Gasteiger partial charge on any atom is -0.507 e. The van der Waals surface area contributed by atoms with Crippen molar-refractivity contribution in [1.82, 2.24) is 10.2 Å². The van der Waals surface area contributed by atoms with Gasteiger partial charge in [-0.2, -0.15) is 0 Å². The highest BCUT2D eigenvalue weighted by Gasteiger charge is 2.48. The third kappa shape index (κ3) is 6.01. The number of rotatable bonds is 9. The quantitative estimate of drug-likeness (QED) is 0.0582. The summed E-state index contributed by atoms with van der Waals surface area (Å²) < 4.78 is 12.6. The molecule has 1 fully saturated rings. The summed E-state index contributed by atoms with van der Waals surface area (Å²) in [5.41, 5.74) is 4.08. The van der Waals surface area contributed by atoms with Crippen LogP contribution in [0.2, 0.25) is 0 Å². The molecule has 2 aliphatic rings. The van der Waals surface area contributed by atoms with Gasteiger partial charge in [-0.05, 0) is 59.5 Å². The minimum atomic E-state index is -0.955. The van der Waals surface area contributed by atoms with E-state index in [0.29, 0.717) is 40.0 Å². The van der Waals surface area contributed by atoms with Gasteiger partial charge in [-0.15, -0.1) is 10.2 Å². The average Bonchev–Trinajstić information content (AvgIpc) is 3.78. The van der Waals surface area contributed by atoms with Crippen LogP contribution in [-0.4, -0.2) is 33.1 Å². The van der Waals surface area contributed by atoms with E-state index < -0.39 is 17.7 Å². The van der Waals surface area contributed by atoms with Crippen LogP contribution in [0.4, 0.5) is 5.13 Å². The lowest BCUT2D eigenvalue weighted by Crippen LogP contribution is -2.29. The number of benzene rings is 4. The molecule has 0 bridgehead atoms. The molecule has 5 aromatic rings. The van der Waals surface area contributed by atoms with Crippen LogP contribution >= 0.6 is 23.1 Å². The van der Waals surface area contributed by atoms with Crippen LogP contribution in [0, 0.1) is 0 Å². The maximum Gasteiger partial charge on any atom is 0.301 e. The van der Waals surface area contributed by atoms with E-state index in [4.69, 9.17) is 9.47 Å². The number of aliphatic hydroxyl groups is 1. The van der Waals surface area contributed by atoms with E-state index in [2.05, 4.69) is 10.2 Å². The maximum absolute atomic E-state index is 13.8. The Labute approximate surface area is 274 Å². The van der Waals surface area contributed by atoms with E-state index in [0.717, 1.165) is 22.4 Å². The smallest absolute Gasteiger partial charge is 0.301 e. The highest BCUT2D eigenvalue weighted by Crippen LogP contribution is 2.45. The van der Waals surface area contributed by atoms with E-state index in [1.54, 1.807) is 18.2 Å². The number of thioether (sulfide) groups is 1. The minimum absolute atomic E-state index is 0.0166. The number of anilines is 1. The zero-order chi connectivity index (χ0) is 31.6. The van der Waals surface area contributed by atoms with Crippen LogP contribution in [0.3, 0.4) is 0 Å². The number of aliphatic hydroxyl groups excluding tert-OH is 1. The van der Waals surface area contributed by atoms with Crippen molar-refractivity contribution in [1.29, 1.82) is 0 Å². The Bertz CT molecular complexity index is 1940. The number of ether oxygens (including phenoxy) is 2. The molecule has 0 saturated carbocycles. The van der Waals surface area contributed by atoms with Gasteiger partial charge < -0.3 is 14.6 Å². The van der Waals surface area contributed by atoms with Gasteiger partial charge in [0.1, 0.15) is 30.0 Å². The van der Waals surface area contributed by atoms with Gasteiger partial charge in [0.05, 0.1) is 11.6 Å². The predicted molar refractivity (Wildman–Crippen MR) is 178 cm³/mol. The summed E-state index contributed by atoms with van der Waals surface area (Å²) in [5.74, 6) is 0.157. The van der Waals surface area contributed by atoms with E-state index in [9.17, 15) is 14.7 Å². The fraction of sp³-hybridized carbons (Fsp3) is 0.167. The number of fused-ring (bicyclic) bond motifs is 1. The second-order valence-corrected chi connectivity index (χ2v) is 13.3. The van der Waals surface area contributed by atoms with Crippen molar-refractivity contribution in [3.05, 3.63) is 137 Å². The first-order valence-electron chi connectivity index (χ1n) is 14.8. The number of hydrogen-bond acceptors (Lipinski definition) is 9. The summed E-state index contributed by atoms with van der Waals surface area (Å²) in [6.45, 7) is 2.32. The molecule has 46 heavy (non-hydrogen) atoms. The van der Waals surface area contributed by atoms with Crippen LogP contribution in [0.5, 0.6) is 11.5 Å². The lowest BCUT2D eigenvalue weighted by molar-refractivity contribution is -0.132. The summed E-state index contributed by atoms with van der Waals surface area (Å²) in [6.07, 6.45) is 0.700. The third-order valence-corrected chi connectivity index (χ3v) is 9.97. The Hall–Kier alpha value is -4.93. The molecule has 0 aliphatic carbocycles. The van der Waals surface area contributed by atoms with Crippen molar-refractivity contribution in [3.63, 3.8) is 0 Å². The van der Waals surface area contributed by atoms with Crippen LogP contribution in [0.1, 0.15) is 40.8 Å². The molecular weight excluding hydrogens is 619 g/mol. The lowest BCUT2D eigenvalue weighted by atomic mass is 9.94. The zero-order valence-corrected chi connectivity index (χ0v) is 26.5. The molecule has 7 rings (SSSR count). The molecular formula is C36H29N3O5S2. The number of nitrogens with zero attached hydrogens (tertiary/aromatic N) is 3. The van der Waals surface area contributed by atoms with E-state index >= 15 is 0 Å². The first kappa shape index (κ1) is 29.8. The van der Waals surface area contributed by atoms with Crippen LogP contribution in [0.15, 0.2) is 113 Å². The molecule has 3 heterocycles. The highest BCUT2D eigenvalue weighted by atomic mass is 32.2. The molecule has 0 radical (unpaired) electrons. The molecule has 0 unspecified atom stereocenters. The summed E-state index contributed by atoms with van der Waals surface area (Å²) in [4.78, 5) is 28.9. The first-order chi connectivity index (χ1) is 22.4. The summed E-state index contributed by atoms with van der Waals surface area (Å²) >= 11 is 2.74. The highest BCUT2D eigenvalue weighted by molar-refractivity contribution is 8.00. The molecule has 2 atom stereocenters. The van der Waals surface area contributed by atoms with E-state index in [-0.39, 0.29) is 22.6 Å². The number of amides is 1. The van der Waals surface area contributed by atoms with Gasteiger partial charge in [-0.3, -0.25) is 14.5 Å². The monoisotopic (exact) mass is 647 g/mol. The molecule has 0 spiro atoms. The van der Waals surface area contributed by atoms with Gasteiger partial charge in [0, 0.05) is 17.7 Å². The molecule has 1 saturated heterocycles. The Morgan fingerprint density at radius 1 is 0.957 bits per heavy atom. The van der Waals surface area contributed by atoms with Crippen molar-refractivity contribution in [2.45, 2.75) is 42.2 Å². The Morgan fingerprint density at radius 3 is 2.50 bits per heavy atom. The van der Waals surface area contributed by atoms with Gasteiger partial charge in [-0.25, -0.2) is 0 Å². The molecule has 1 aromatic heterocycles. The van der Waals surface area contributed by atoms with Gasteiger partial charge >= 0.3 is 5.91 Å². The van der Waals surface area contributed by atoms with Crippen molar-refractivity contribution in [2.75, 3.05) is 4.90 Å². The van der Waals surface area contributed by atoms with Crippen molar-refractivity contribution in [3.8, 4) is 11.5 Å². The van der Waals surface area contributed by atoms with Crippen molar-refractivity contribution < 1.29 is 24.2 Å². The lowest BCUT2D eigenvalue weighted by Gasteiger charge is -2.23. The Kier molecular flexibility index (Phi) is 8.30. The normalized spacial score (nSPS) is 18.4. The predicted octanol–water partition coefficient (Wildman–Crippen LogP) is 7.36. The molecule has 10 heteroatoms. The fourth-order valence-electron chi connectivity index (χ4n) is 5.66. The topological polar surface area (TPSA) is 102 Å². The van der Waals surface area contributed by atoms with E-state index in [1.807, 2.05) is 91.9 Å². The van der Waals surface area contributed by atoms with Gasteiger partial charge in [-0.1, -0.05) is 95.9 Å². The van der Waals surface area contributed by atoms with Crippen molar-refractivity contribution >= 4 is 45.7 Å². The largest absolute Gasteiger partial charge is 0.507 e. The number of aromatic nitrogens is 2. The summed E-state index contributed by atoms with van der Waals surface area (Å²) in [5, 5.41) is 20.6. The molecule has 230 valence electrons. The molecule has 8 nitrogen and oxygen atoms in total. The summed E-state index contributed by atoms with van der Waals surface area (Å²) in [6, 6.07) is 31.4. The SMILES string of the molecule is C[C@@H]1Cc2cc(/C(O)=C3\C(=O)C(=O)N(c4nnc(SCc5ccccc5)s4)[C@@H]3c3cccc(OCc4ccccc4)c3)ccc2O1. The number of ketones is 1. The van der Waals surface area contributed by atoms with Gasteiger partial charge in [0.15, 0.2) is 4.34 Å². The third-order valence-electron chi connectivity index (χ3n) is 7.84. The standard InChI is InChI=1S/C36H29N3O5S2/c1-22-17-27-18-26(15-16-29(27)44-22)32(40)30-31(25-13-8-14-28(19-25)43-20-23-9-4-2-5-10-23)39(34(42)33(30)41)35-37-38-36(46-35)45-21-24-11-6-3-7-12-24/h2-16,18-19,22,31,40H,17,20-21H2,1H3/b32-30+/t22-,31-/m1/s1. The molecule has 4 aromatic carbocycles. The molecule has 2 aliphatic heterocycles. The zero-order valence-electron chi connectivity index (χ0n) is 24.8. The number of carbonyl (C=O) groups is 2. The first-order valence-corrected chi connectivity index (χ1v) is 16.6. The number of hydrogen-bond donors (Lipinski definition) is 1. The average molecular weight is 648 g/mol. The molecule has 1 N–H and O–H groups in total. The Morgan fingerprint density at radius 2 is 1.72 bits per heavy atom. The summed E-state index contributed by atoms with van der Waals surface area (Å²) in [7, 11) is 0.